The summed E-state index contributed by atoms with van der Waals surface area (Å²) in [5.41, 5.74) is 4.00. The third kappa shape index (κ3) is 3.94. The highest BCUT2D eigenvalue weighted by atomic mass is 35.5. The van der Waals surface area contributed by atoms with Crippen molar-refractivity contribution < 1.29 is 9.59 Å². The van der Waals surface area contributed by atoms with Gasteiger partial charge in [-0.2, -0.15) is 0 Å². The van der Waals surface area contributed by atoms with E-state index >= 15 is 0 Å². The highest BCUT2D eigenvalue weighted by Gasteiger charge is 2.30. The number of benzene rings is 2. The quantitative estimate of drug-likeness (QED) is 0.734. The van der Waals surface area contributed by atoms with Crippen molar-refractivity contribution >= 4 is 35.0 Å². The van der Waals surface area contributed by atoms with Crippen molar-refractivity contribution in [3.8, 4) is 0 Å². The molecule has 5 nitrogen and oxygen atoms in total. The fraction of sp³-hybridized carbons (Fsp3) is 0.333. The molecule has 2 heterocycles. The minimum atomic E-state index is -0.315. The van der Waals surface area contributed by atoms with Crippen molar-refractivity contribution in [2.24, 2.45) is 0 Å². The first-order valence-electron chi connectivity index (χ1n) is 9.40. The van der Waals surface area contributed by atoms with Crippen LogP contribution in [0.1, 0.15) is 37.4 Å². The number of piperazine rings is 1. The van der Waals surface area contributed by atoms with Crippen molar-refractivity contribution in [2.45, 2.75) is 12.8 Å². The van der Waals surface area contributed by atoms with Gasteiger partial charge in [0.15, 0.2) is 0 Å². The van der Waals surface area contributed by atoms with Crippen LogP contribution >= 0.6 is 23.2 Å². The molecule has 0 radical (unpaired) electrons. The van der Waals surface area contributed by atoms with Gasteiger partial charge in [0, 0.05) is 32.7 Å². The zero-order chi connectivity index (χ0) is 19.7. The molecule has 2 aliphatic heterocycles. The summed E-state index contributed by atoms with van der Waals surface area (Å²) in [6.07, 6.45) is 1.35. The molecule has 146 valence electrons. The number of rotatable bonds is 5. The minimum Gasteiger partial charge on any atom is -0.314 e. The first-order valence-corrected chi connectivity index (χ1v) is 10.2. The van der Waals surface area contributed by atoms with Crippen molar-refractivity contribution in [2.75, 3.05) is 32.7 Å². The van der Waals surface area contributed by atoms with Crippen LogP contribution in [0.4, 0.5) is 0 Å². The van der Waals surface area contributed by atoms with Gasteiger partial charge in [-0.3, -0.25) is 14.9 Å². The van der Waals surface area contributed by atoms with Gasteiger partial charge in [-0.25, -0.2) is 0 Å². The Morgan fingerprint density at radius 3 is 2.50 bits per heavy atom. The van der Waals surface area contributed by atoms with Crippen molar-refractivity contribution in [3.05, 3.63) is 68.2 Å². The van der Waals surface area contributed by atoms with E-state index in [2.05, 4.69) is 15.5 Å². The van der Waals surface area contributed by atoms with Gasteiger partial charge in [0.05, 0.1) is 21.2 Å². The number of nitrogens with one attached hydrogen (secondary N) is 2. The molecule has 0 bridgehead atoms. The lowest BCUT2D eigenvalue weighted by atomic mass is 9.91. The summed E-state index contributed by atoms with van der Waals surface area (Å²) in [4.78, 5) is 26.9. The molecule has 4 rings (SSSR count). The highest BCUT2D eigenvalue weighted by molar-refractivity contribution is 6.42. The predicted molar refractivity (Wildman–Crippen MR) is 111 cm³/mol. The van der Waals surface area contributed by atoms with E-state index in [4.69, 9.17) is 23.2 Å². The highest BCUT2D eigenvalue weighted by Crippen LogP contribution is 2.28. The molecule has 0 spiro atoms. The van der Waals surface area contributed by atoms with Crippen LogP contribution in [0.2, 0.25) is 10.0 Å². The van der Waals surface area contributed by atoms with Crippen molar-refractivity contribution in [1.29, 1.82) is 0 Å². The number of fused-ring (bicyclic) bond motifs is 1. The van der Waals surface area contributed by atoms with Gasteiger partial charge in [0.25, 0.3) is 11.8 Å². The molecule has 7 heteroatoms. The van der Waals surface area contributed by atoms with Gasteiger partial charge in [0.1, 0.15) is 0 Å². The lowest BCUT2D eigenvalue weighted by Gasteiger charge is -2.27. The van der Waals surface area contributed by atoms with Crippen LogP contribution in [-0.4, -0.2) is 49.4 Å². The van der Waals surface area contributed by atoms with E-state index in [0.717, 1.165) is 55.8 Å². The van der Waals surface area contributed by atoms with Crippen LogP contribution in [0.5, 0.6) is 0 Å². The smallest absolute Gasteiger partial charge is 0.259 e. The van der Waals surface area contributed by atoms with E-state index in [-0.39, 0.29) is 11.8 Å². The molecule has 2 amide bonds. The zero-order valence-corrected chi connectivity index (χ0v) is 16.9. The Hall–Kier alpha value is -1.92. The van der Waals surface area contributed by atoms with Crippen LogP contribution in [0, 0.1) is 0 Å². The Morgan fingerprint density at radius 2 is 1.75 bits per heavy atom. The fourth-order valence-electron chi connectivity index (χ4n) is 3.90. The average molecular weight is 418 g/mol. The van der Waals surface area contributed by atoms with Gasteiger partial charge in [-0.05, 0) is 47.7 Å². The molecule has 1 saturated heterocycles. The first kappa shape index (κ1) is 19.4. The van der Waals surface area contributed by atoms with Crippen molar-refractivity contribution in [3.63, 3.8) is 0 Å². The number of amides is 2. The standard InChI is InChI=1S/C21H21Cl2N3O2/c22-17-4-1-13(12-18(17)23)11-14-2-3-16-19(21(28)25-20(16)27)15(14)5-8-26-9-6-24-7-10-26/h1-4,12,24H,5-11H2,(H,25,27,28). The Morgan fingerprint density at radius 1 is 0.964 bits per heavy atom. The molecule has 0 aromatic heterocycles. The summed E-state index contributed by atoms with van der Waals surface area (Å²) in [5.74, 6) is -0.615. The van der Waals surface area contributed by atoms with Crippen molar-refractivity contribution in [1.82, 2.24) is 15.5 Å². The first-order chi connectivity index (χ1) is 13.5. The largest absolute Gasteiger partial charge is 0.314 e. The van der Waals surface area contributed by atoms with E-state index in [1.807, 2.05) is 18.2 Å². The summed E-state index contributed by atoms with van der Waals surface area (Å²) in [6, 6.07) is 9.27. The topological polar surface area (TPSA) is 61.4 Å². The van der Waals surface area contributed by atoms with Crippen LogP contribution in [-0.2, 0) is 12.8 Å². The number of hydrogen-bond donors (Lipinski definition) is 2. The molecule has 28 heavy (non-hydrogen) atoms. The fourth-order valence-corrected chi connectivity index (χ4v) is 4.22. The lowest BCUT2D eigenvalue weighted by molar-refractivity contribution is 0.0879. The zero-order valence-electron chi connectivity index (χ0n) is 15.4. The monoisotopic (exact) mass is 417 g/mol. The van der Waals surface area contributed by atoms with E-state index < -0.39 is 0 Å². The number of halogens is 2. The molecular weight excluding hydrogens is 397 g/mol. The molecule has 2 aromatic rings. The summed E-state index contributed by atoms with van der Waals surface area (Å²) in [5, 5.41) is 6.80. The van der Waals surface area contributed by atoms with Gasteiger partial charge >= 0.3 is 0 Å². The number of imide groups is 1. The van der Waals surface area contributed by atoms with E-state index in [1.165, 1.54) is 0 Å². The van der Waals surface area contributed by atoms with Gasteiger partial charge in [-0.15, -0.1) is 0 Å². The molecule has 2 N–H and O–H groups in total. The normalized spacial score (nSPS) is 16.9. The Labute approximate surface area is 174 Å². The Bertz CT molecular complexity index is 939. The van der Waals surface area contributed by atoms with Crippen LogP contribution in [0.3, 0.4) is 0 Å². The van der Waals surface area contributed by atoms with Crippen LogP contribution in [0.25, 0.3) is 0 Å². The van der Waals surface area contributed by atoms with E-state index in [1.54, 1.807) is 12.1 Å². The predicted octanol–water partition coefficient (Wildman–Crippen LogP) is 2.92. The number of nitrogens with zero attached hydrogens (tertiary/aromatic N) is 1. The van der Waals surface area contributed by atoms with E-state index in [0.29, 0.717) is 27.6 Å². The molecule has 0 unspecified atom stereocenters. The SMILES string of the molecule is O=C1NC(=O)c2c1ccc(Cc1ccc(Cl)c(Cl)c1)c2CCN1CCNCC1. The second-order valence-corrected chi connectivity index (χ2v) is 7.99. The molecule has 2 aliphatic rings. The third-order valence-electron chi connectivity index (χ3n) is 5.37. The second-order valence-electron chi connectivity index (χ2n) is 7.18. The maximum absolute atomic E-state index is 12.5. The van der Waals surface area contributed by atoms with Gasteiger partial charge < -0.3 is 10.2 Å². The maximum Gasteiger partial charge on any atom is 0.259 e. The number of carbonyl (C=O) groups excluding carboxylic acids is 2. The van der Waals surface area contributed by atoms with Gasteiger partial charge in [-0.1, -0.05) is 35.3 Å². The molecule has 0 atom stereocenters. The minimum absolute atomic E-state index is 0.300. The number of hydrogen-bond acceptors (Lipinski definition) is 4. The third-order valence-corrected chi connectivity index (χ3v) is 6.11. The molecular formula is C21H21Cl2N3O2. The summed E-state index contributed by atoms with van der Waals surface area (Å²) >= 11 is 12.2. The number of carbonyl (C=O) groups is 2. The Balaban J connectivity index is 1.66. The average Bonchev–Trinajstić information content (AvgIpc) is 2.98. The van der Waals surface area contributed by atoms with Gasteiger partial charge in [0.2, 0.25) is 0 Å². The van der Waals surface area contributed by atoms with Crippen LogP contribution < -0.4 is 10.6 Å². The second kappa shape index (κ2) is 8.21. The van der Waals surface area contributed by atoms with Crippen LogP contribution in [0.15, 0.2) is 30.3 Å². The maximum atomic E-state index is 12.5. The lowest BCUT2D eigenvalue weighted by Crippen LogP contribution is -2.44. The van der Waals surface area contributed by atoms with E-state index in [9.17, 15) is 9.59 Å². The molecule has 0 saturated carbocycles. The summed E-state index contributed by atoms with van der Waals surface area (Å²) in [6.45, 7) is 4.78. The summed E-state index contributed by atoms with van der Waals surface area (Å²) < 4.78 is 0. The Kier molecular flexibility index (Phi) is 5.69. The molecule has 2 aromatic carbocycles. The molecule has 1 fully saturated rings. The summed E-state index contributed by atoms with van der Waals surface area (Å²) in [7, 11) is 0. The molecule has 0 aliphatic carbocycles.